The maximum absolute atomic E-state index is 3.53. The van der Waals surface area contributed by atoms with Crippen molar-refractivity contribution >= 4 is 6.72 Å². The minimum Gasteiger partial charge on any atom is -0.298 e. The van der Waals surface area contributed by atoms with Crippen LogP contribution in [-0.4, -0.2) is 12.8 Å². The van der Waals surface area contributed by atoms with E-state index in [-0.39, 0.29) is 6.04 Å². The molecule has 5 heavy (non-hydrogen) atoms. The molecule has 0 amide bonds. The highest BCUT2D eigenvalue weighted by atomic mass is 14.7. The molecule has 0 aromatic heterocycles. The van der Waals surface area contributed by atoms with Crippen molar-refractivity contribution in [2.45, 2.75) is 13.0 Å². The summed E-state index contributed by atoms with van der Waals surface area (Å²) >= 11 is 0. The van der Waals surface area contributed by atoms with Gasteiger partial charge in [-0.3, -0.25) is 4.99 Å². The summed E-state index contributed by atoms with van der Waals surface area (Å²) in [5.74, 6) is 0. The topological polar surface area (TPSA) is 12.4 Å². The molecule has 0 aliphatic rings. The lowest BCUT2D eigenvalue weighted by atomic mass is 10.4. The van der Waals surface area contributed by atoms with Gasteiger partial charge in [-0.05, 0) is 20.6 Å². The summed E-state index contributed by atoms with van der Waals surface area (Å²) in [4.78, 5) is 3.53. The largest absolute Gasteiger partial charge is 0.298 e. The van der Waals surface area contributed by atoms with E-state index in [1.54, 1.807) is 0 Å². The molecule has 0 rings (SSSR count). The first kappa shape index (κ1) is 4.67. The summed E-state index contributed by atoms with van der Waals surface area (Å²) in [6, 6.07) is 0.148. The average Bonchev–Trinajstić information content (AvgIpc) is 1.38. The Balaban J connectivity index is 2.83. The third-order valence-electron chi connectivity index (χ3n) is 0.312. The van der Waals surface area contributed by atoms with Gasteiger partial charge in [0, 0.05) is 6.04 Å². The second-order valence-corrected chi connectivity index (χ2v) is 1.03. The Kier molecular flexibility index (Phi) is 1.81. The normalized spacial score (nSPS) is 8.60. The summed E-state index contributed by atoms with van der Waals surface area (Å²) < 4.78 is 0. The van der Waals surface area contributed by atoms with E-state index in [0.29, 0.717) is 0 Å². The Morgan fingerprint density at radius 3 is 2.00 bits per heavy atom. The third-order valence-corrected chi connectivity index (χ3v) is 0.312. The maximum Gasteiger partial charge on any atom is 0.0465 e. The van der Waals surface area contributed by atoms with E-state index in [9.17, 15) is 0 Å². The van der Waals surface area contributed by atoms with E-state index in [4.69, 9.17) is 0 Å². The fraction of sp³-hybridized carbons (Fsp3) is 0.500. The van der Waals surface area contributed by atoms with Crippen molar-refractivity contribution in [1.29, 1.82) is 0 Å². The molecular formula is C4H8N. The van der Waals surface area contributed by atoms with Gasteiger partial charge >= 0.3 is 0 Å². The molecule has 1 nitrogen and oxygen atoms in total. The Hall–Kier alpha value is -0.330. The quantitative estimate of drug-likeness (QED) is 0.406. The fourth-order valence-electron chi connectivity index (χ4n) is 0. The molecule has 1 radical (unpaired) electrons. The van der Waals surface area contributed by atoms with Crippen molar-refractivity contribution in [2.24, 2.45) is 4.99 Å². The van der Waals surface area contributed by atoms with Gasteiger partial charge in [0.15, 0.2) is 0 Å². The van der Waals surface area contributed by atoms with Gasteiger partial charge < -0.3 is 0 Å². The lowest BCUT2D eigenvalue weighted by Gasteiger charge is -1.84. The monoisotopic (exact) mass is 70.1 g/mol. The number of rotatable bonds is 1. The molecule has 0 heterocycles. The lowest BCUT2D eigenvalue weighted by molar-refractivity contribution is 0.934. The van der Waals surface area contributed by atoms with Crippen LogP contribution in [-0.2, 0) is 0 Å². The summed E-state index contributed by atoms with van der Waals surface area (Å²) in [6.07, 6.45) is 0. The molecule has 0 spiro atoms. The first-order chi connectivity index (χ1) is 2.27. The number of hydrogen-bond acceptors (Lipinski definition) is 1. The van der Waals surface area contributed by atoms with Crippen LogP contribution >= 0.6 is 0 Å². The highest BCUT2D eigenvalue weighted by molar-refractivity contribution is 5.24. The van der Waals surface area contributed by atoms with Crippen LogP contribution in [0.5, 0.6) is 0 Å². The van der Waals surface area contributed by atoms with Gasteiger partial charge in [-0.1, -0.05) is 0 Å². The molecule has 0 saturated heterocycles. The Morgan fingerprint density at radius 2 is 2.00 bits per heavy atom. The first-order valence-electron chi connectivity index (χ1n) is 1.56. The molecule has 0 saturated carbocycles. The molecule has 0 aromatic carbocycles. The predicted molar refractivity (Wildman–Crippen MR) is 24.4 cm³/mol. The van der Waals surface area contributed by atoms with Gasteiger partial charge in [0.05, 0.1) is 0 Å². The van der Waals surface area contributed by atoms with Crippen molar-refractivity contribution in [3.63, 3.8) is 0 Å². The van der Waals surface area contributed by atoms with Gasteiger partial charge in [0.2, 0.25) is 0 Å². The maximum atomic E-state index is 3.53. The fourth-order valence-corrected chi connectivity index (χ4v) is 0. The average molecular weight is 70.1 g/mol. The van der Waals surface area contributed by atoms with E-state index in [1.165, 1.54) is 0 Å². The molecule has 0 aromatic rings. The molecule has 0 fully saturated rings. The number of nitrogens with zero attached hydrogens (tertiary/aromatic N) is 1. The van der Waals surface area contributed by atoms with E-state index in [1.807, 2.05) is 6.92 Å². The molecule has 0 aliphatic carbocycles. The minimum atomic E-state index is 0.148. The van der Waals surface area contributed by atoms with Crippen LogP contribution in [0.25, 0.3) is 0 Å². The molecular weight excluding hydrogens is 62.1 g/mol. The van der Waals surface area contributed by atoms with Crippen LogP contribution in [0.1, 0.15) is 6.92 Å². The highest BCUT2D eigenvalue weighted by Gasteiger charge is 1.74. The summed E-state index contributed by atoms with van der Waals surface area (Å²) in [5.41, 5.74) is 0. The molecule has 1 atom stereocenters. The van der Waals surface area contributed by atoms with E-state index in [0.717, 1.165) is 0 Å². The highest BCUT2D eigenvalue weighted by Crippen LogP contribution is 1.76. The van der Waals surface area contributed by atoms with Crippen LogP contribution < -0.4 is 0 Å². The smallest absolute Gasteiger partial charge is 0.0465 e. The second-order valence-electron chi connectivity index (χ2n) is 1.03. The van der Waals surface area contributed by atoms with Gasteiger partial charge in [-0.2, -0.15) is 0 Å². The molecule has 0 aliphatic heterocycles. The van der Waals surface area contributed by atoms with Crippen molar-refractivity contribution in [2.75, 3.05) is 0 Å². The standard InChI is InChI=1S/C4H8N/c1-4(2)5-3/h4H,1,3H2,2H3. The zero-order valence-corrected chi connectivity index (χ0v) is 3.44. The van der Waals surface area contributed by atoms with Gasteiger partial charge in [0.25, 0.3) is 0 Å². The molecule has 29 valence electrons. The number of hydrogen-bond donors (Lipinski definition) is 0. The van der Waals surface area contributed by atoms with Crippen LogP contribution in [0.3, 0.4) is 0 Å². The molecule has 0 bridgehead atoms. The van der Waals surface area contributed by atoms with Crippen molar-refractivity contribution in [3.8, 4) is 0 Å². The van der Waals surface area contributed by atoms with Crippen LogP contribution in [0.2, 0.25) is 0 Å². The second kappa shape index (κ2) is 1.94. The zero-order valence-electron chi connectivity index (χ0n) is 3.44. The Bertz CT molecular complexity index is 30.6. The Morgan fingerprint density at radius 1 is 1.80 bits per heavy atom. The van der Waals surface area contributed by atoms with Gasteiger partial charge in [-0.15, -0.1) is 0 Å². The van der Waals surface area contributed by atoms with E-state index < -0.39 is 0 Å². The SMILES string of the molecule is [CH2]C(C)N=C. The lowest BCUT2D eigenvalue weighted by Crippen LogP contribution is -1.83. The molecule has 1 heteroatoms. The summed E-state index contributed by atoms with van der Waals surface area (Å²) in [7, 11) is 0. The minimum absolute atomic E-state index is 0.148. The van der Waals surface area contributed by atoms with Crippen molar-refractivity contribution in [3.05, 3.63) is 6.92 Å². The molecule has 1 unspecified atom stereocenters. The van der Waals surface area contributed by atoms with E-state index >= 15 is 0 Å². The van der Waals surface area contributed by atoms with Crippen molar-refractivity contribution < 1.29 is 0 Å². The first-order valence-corrected chi connectivity index (χ1v) is 1.56. The van der Waals surface area contributed by atoms with Crippen LogP contribution in [0, 0.1) is 6.92 Å². The van der Waals surface area contributed by atoms with Crippen LogP contribution in [0.15, 0.2) is 4.99 Å². The predicted octanol–water partition coefficient (Wildman–Crippen LogP) is 0.910. The number of aliphatic imine (C=N–C) groups is 1. The van der Waals surface area contributed by atoms with Crippen molar-refractivity contribution in [1.82, 2.24) is 0 Å². The van der Waals surface area contributed by atoms with Gasteiger partial charge in [-0.25, -0.2) is 0 Å². The molecule has 0 N–H and O–H groups in total. The summed E-state index contributed by atoms with van der Waals surface area (Å²) in [6.45, 7) is 8.66. The van der Waals surface area contributed by atoms with E-state index in [2.05, 4.69) is 18.6 Å². The summed E-state index contributed by atoms with van der Waals surface area (Å²) in [5, 5.41) is 0. The Labute approximate surface area is 32.7 Å². The van der Waals surface area contributed by atoms with Crippen LogP contribution in [0.4, 0.5) is 0 Å². The zero-order chi connectivity index (χ0) is 4.28. The third kappa shape index (κ3) is 3.67. The van der Waals surface area contributed by atoms with Gasteiger partial charge in [0.1, 0.15) is 0 Å².